The van der Waals surface area contributed by atoms with E-state index in [1.54, 1.807) is 41.2 Å². The molecule has 2 aromatic carbocycles. The molecule has 1 unspecified atom stereocenters. The molecule has 0 radical (unpaired) electrons. The van der Waals surface area contributed by atoms with Gasteiger partial charge < -0.3 is 14.8 Å². The molecular weight excluding hydrogens is 486 g/mol. The number of tetrazole rings is 1. The highest BCUT2D eigenvalue weighted by Crippen LogP contribution is 2.45. The van der Waals surface area contributed by atoms with Crippen molar-refractivity contribution in [3.8, 4) is 34.0 Å². The Kier molecular flexibility index (Phi) is 5.99. The fourth-order valence-corrected chi connectivity index (χ4v) is 5.42. The number of fused-ring (bicyclic) bond motifs is 1. The van der Waals surface area contributed by atoms with Crippen LogP contribution in [0.15, 0.2) is 48.8 Å². The molecule has 0 aliphatic carbocycles. The maximum absolute atomic E-state index is 14.2. The molecule has 1 atom stereocenters. The Morgan fingerprint density at radius 1 is 1.16 bits per heavy atom. The number of H-pyrrole nitrogens is 1. The number of rotatable bonds is 6. The first-order valence-electron chi connectivity index (χ1n) is 12.6. The number of hydrogen-bond donors (Lipinski definition) is 2. The Labute approximate surface area is 218 Å². The number of piperidine rings is 1. The zero-order valence-corrected chi connectivity index (χ0v) is 21.1. The number of ketones is 2. The highest BCUT2D eigenvalue weighted by atomic mass is 16.5. The van der Waals surface area contributed by atoms with E-state index in [0.29, 0.717) is 66.6 Å². The van der Waals surface area contributed by atoms with Gasteiger partial charge in [-0.25, -0.2) is 0 Å². The molecule has 2 aliphatic heterocycles. The van der Waals surface area contributed by atoms with Crippen molar-refractivity contribution >= 4 is 11.6 Å². The van der Waals surface area contributed by atoms with E-state index in [0.717, 1.165) is 11.1 Å². The quantitative estimate of drug-likeness (QED) is 0.294. The Hall–Kier alpha value is -4.38. The van der Waals surface area contributed by atoms with E-state index < -0.39 is 11.5 Å². The molecule has 0 saturated carbocycles. The number of aromatic amines is 1. The van der Waals surface area contributed by atoms with E-state index in [-0.39, 0.29) is 11.6 Å². The second kappa shape index (κ2) is 9.49. The normalized spacial score (nSPS) is 18.2. The lowest BCUT2D eigenvalue weighted by atomic mass is 9.70. The van der Waals surface area contributed by atoms with Crippen LogP contribution in [0.4, 0.5) is 0 Å². The van der Waals surface area contributed by atoms with Crippen LogP contribution in [0.3, 0.4) is 0 Å². The van der Waals surface area contributed by atoms with Crippen LogP contribution < -0.4 is 14.8 Å². The average molecular weight is 514 g/mol. The van der Waals surface area contributed by atoms with Crippen LogP contribution in [0.25, 0.3) is 22.5 Å². The van der Waals surface area contributed by atoms with Crippen LogP contribution in [-0.2, 0) is 7.05 Å². The third-order valence-corrected chi connectivity index (χ3v) is 7.24. The molecule has 11 heteroatoms. The summed E-state index contributed by atoms with van der Waals surface area (Å²) in [6.45, 7) is 3.62. The number of ether oxygens (including phenoxy) is 2. The number of hydrogen-bond acceptors (Lipinski definition) is 9. The second-order valence-corrected chi connectivity index (χ2v) is 9.57. The molecule has 2 N–H and O–H groups in total. The second-order valence-electron chi connectivity index (χ2n) is 9.57. The molecule has 2 aromatic heterocycles. The van der Waals surface area contributed by atoms with Crippen molar-refractivity contribution < 1.29 is 19.1 Å². The first-order chi connectivity index (χ1) is 18.5. The van der Waals surface area contributed by atoms with Crippen LogP contribution in [0.1, 0.15) is 40.5 Å². The van der Waals surface area contributed by atoms with Crippen LogP contribution in [0, 0.1) is 5.92 Å². The SMILES string of the molecule is CCOc1cc(C(=O)C2C(=O)c3cc(-c4nn[nH]n4)ccc3OC23CCNCC3)ccc1-c1cnn(C)c1. The molecule has 4 aromatic rings. The largest absolute Gasteiger partial charge is 0.493 e. The summed E-state index contributed by atoms with van der Waals surface area (Å²) >= 11 is 0. The minimum atomic E-state index is -1.00. The van der Waals surface area contributed by atoms with Crippen LogP contribution in [0.5, 0.6) is 11.5 Å². The van der Waals surface area contributed by atoms with Gasteiger partial charge >= 0.3 is 0 Å². The molecule has 0 amide bonds. The van der Waals surface area contributed by atoms with Gasteiger partial charge in [0.2, 0.25) is 5.82 Å². The minimum Gasteiger partial charge on any atom is -0.493 e. The van der Waals surface area contributed by atoms with E-state index in [1.807, 2.05) is 26.2 Å². The molecule has 1 fully saturated rings. The van der Waals surface area contributed by atoms with E-state index >= 15 is 0 Å². The van der Waals surface area contributed by atoms with Gasteiger partial charge in [-0.2, -0.15) is 10.3 Å². The first-order valence-corrected chi connectivity index (χ1v) is 12.6. The third-order valence-electron chi connectivity index (χ3n) is 7.24. The summed E-state index contributed by atoms with van der Waals surface area (Å²) in [6, 6.07) is 10.5. The number of aromatic nitrogens is 6. The zero-order chi connectivity index (χ0) is 26.3. The maximum atomic E-state index is 14.2. The van der Waals surface area contributed by atoms with Gasteiger partial charge in [0, 0.05) is 48.3 Å². The molecule has 2 aliphatic rings. The van der Waals surface area contributed by atoms with Gasteiger partial charge in [0.25, 0.3) is 0 Å². The smallest absolute Gasteiger partial charge is 0.204 e. The molecule has 4 heterocycles. The molecule has 1 spiro atoms. The summed E-state index contributed by atoms with van der Waals surface area (Å²) in [6.07, 6.45) is 4.71. The average Bonchev–Trinajstić information content (AvgIpc) is 3.62. The standard InChI is InChI=1S/C27H27N7O4/c1-3-37-22-13-16(4-6-19(22)18-14-29-34(2)15-18)24(35)23-25(36)20-12-17(26-30-32-33-31-26)5-7-21(20)38-27(23)8-10-28-11-9-27/h4-7,12-15,23,28H,3,8-11H2,1-2H3,(H,30,31,32,33). The van der Waals surface area contributed by atoms with Crippen molar-refractivity contribution in [1.82, 2.24) is 35.7 Å². The van der Waals surface area contributed by atoms with Crippen molar-refractivity contribution in [1.29, 1.82) is 0 Å². The van der Waals surface area contributed by atoms with Gasteiger partial charge in [0.1, 0.15) is 23.0 Å². The van der Waals surface area contributed by atoms with Gasteiger partial charge in [-0.3, -0.25) is 14.3 Å². The summed E-state index contributed by atoms with van der Waals surface area (Å²) in [4.78, 5) is 28.3. The lowest BCUT2D eigenvalue weighted by molar-refractivity contribution is -0.0138. The predicted octanol–water partition coefficient (Wildman–Crippen LogP) is 2.86. The topological polar surface area (TPSA) is 137 Å². The molecular formula is C27H27N7O4. The van der Waals surface area contributed by atoms with Gasteiger partial charge in [-0.05, 0) is 55.6 Å². The third kappa shape index (κ3) is 4.04. The monoisotopic (exact) mass is 513 g/mol. The van der Waals surface area contributed by atoms with Crippen molar-refractivity contribution in [3.63, 3.8) is 0 Å². The number of nitrogens with zero attached hydrogens (tertiary/aromatic N) is 5. The van der Waals surface area contributed by atoms with Crippen molar-refractivity contribution in [2.75, 3.05) is 19.7 Å². The van der Waals surface area contributed by atoms with Crippen LogP contribution >= 0.6 is 0 Å². The summed E-state index contributed by atoms with van der Waals surface area (Å²) in [7, 11) is 1.84. The van der Waals surface area contributed by atoms with Gasteiger partial charge in [0.05, 0.1) is 18.4 Å². The van der Waals surface area contributed by atoms with Crippen molar-refractivity contribution in [2.45, 2.75) is 25.4 Å². The fourth-order valence-electron chi connectivity index (χ4n) is 5.42. The highest BCUT2D eigenvalue weighted by molar-refractivity contribution is 6.19. The molecule has 194 valence electrons. The van der Waals surface area contributed by atoms with Gasteiger partial charge in [-0.1, -0.05) is 6.07 Å². The number of carbonyl (C=O) groups is 2. The Bertz CT molecular complexity index is 1510. The predicted molar refractivity (Wildman–Crippen MR) is 137 cm³/mol. The van der Waals surface area contributed by atoms with Crippen LogP contribution in [-0.4, -0.2) is 67.3 Å². The van der Waals surface area contributed by atoms with Gasteiger partial charge in [0.15, 0.2) is 11.6 Å². The molecule has 6 rings (SSSR count). The first kappa shape index (κ1) is 24.0. The van der Waals surface area contributed by atoms with Crippen LogP contribution in [0.2, 0.25) is 0 Å². The lowest BCUT2D eigenvalue weighted by Crippen LogP contribution is -2.58. The molecule has 0 bridgehead atoms. The molecule has 1 saturated heterocycles. The van der Waals surface area contributed by atoms with E-state index in [1.165, 1.54) is 0 Å². The summed E-state index contributed by atoms with van der Waals surface area (Å²) in [5.41, 5.74) is 2.12. The summed E-state index contributed by atoms with van der Waals surface area (Å²) in [5, 5.41) is 21.6. The maximum Gasteiger partial charge on any atom is 0.204 e. The highest BCUT2D eigenvalue weighted by Gasteiger charge is 2.53. The number of Topliss-reactive ketones (excluding diaryl/α,β-unsaturated/α-hetero) is 2. The number of aryl methyl sites for hydroxylation is 1. The number of carbonyl (C=O) groups excluding carboxylic acids is 2. The van der Waals surface area contributed by atoms with E-state index in [2.05, 4.69) is 31.0 Å². The summed E-state index contributed by atoms with van der Waals surface area (Å²) in [5.74, 6) is -0.164. The van der Waals surface area contributed by atoms with Crippen molar-refractivity contribution in [3.05, 3.63) is 59.9 Å². The molecule has 38 heavy (non-hydrogen) atoms. The van der Waals surface area contributed by atoms with E-state index in [4.69, 9.17) is 9.47 Å². The fraction of sp³-hybridized carbons (Fsp3) is 0.333. The zero-order valence-electron chi connectivity index (χ0n) is 21.1. The van der Waals surface area contributed by atoms with Gasteiger partial charge in [-0.15, -0.1) is 10.2 Å². The minimum absolute atomic E-state index is 0.266. The summed E-state index contributed by atoms with van der Waals surface area (Å²) < 4.78 is 14.2. The Morgan fingerprint density at radius 2 is 2.00 bits per heavy atom. The Morgan fingerprint density at radius 3 is 2.71 bits per heavy atom. The Balaban J connectivity index is 1.42. The number of nitrogens with one attached hydrogen (secondary N) is 2. The lowest BCUT2D eigenvalue weighted by Gasteiger charge is -2.45. The van der Waals surface area contributed by atoms with Crippen molar-refractivity contribution in [2.24, 2.45) is 13.0 Å². The molecule has 11 nitrogen and oxygen atoms in total. The van der Waals surface area contributed by atoms with E-state index in [9.17, 15) is 9.59 Å². The number of benzene rings is 2.